The molecule has 1 fully saturated rings. The lowest BCUT2D eigenvalue weighted by Gasteiger charge is -2.32. The van der Waals surface area contributed by atoms with Crippen LogP contribution in [0.15, 0.2) is 79.5 Å². The van der Waals surface area contributed by atoms with Crippen LogP contribution < -0.4 is 4.90 Å². The van der Waals surface area contributed by atoms with Crippen molar-refractivity contribution in [2.24, 2.45) is 5.92 Å². The molecule has 0 saturated carbocycles. The van der Waals surface area contributed by atoms with E-state index in [4.69, 9.17) is 11.6 Å². The van der Waals surface area contributed by atoms with Crippen LogP contribution in [0.3, 0.4) is 0 Å². The van der Waals surface area contributed by atoms with Crippen molar-refractivity contribution in [3.05, 3.63) is 95.7 Å². The molecule has 192 valence electrons. The van der Waals surface area contributed by atoms with Crippen molar-refractivity contribution in [2.45, 2.75) is 32.2 Å². The Morgan fingerprint density at radius 3 is 2.43 bits per heavy atom. The molecular weight excluding hydrogens is 482 g/mol. The molecule has 5 nitrogen and oxygen atoms in total. The van der Waals surface area contributed by atoms with Crippen molar-refractivity contribution >= 4 is 35.3 Å². The Morgan fingerprint density at radius 1 is 1.05 bits per heavy atom. The van der Waals surface area contributed by atoms with Crippen molar-refractivity contribution in [1.82, 2.24) is 9.80 Å². The van der Waals surface area contributed by atoms with Crippen LogP contribution in [0.1, 0.15) is 42.1 Å². The SMILES string of the molecule is C=CN1CCC(c2ccccc2N(C=O)c2cccc(-c3ccc(C(=O)N(C)C)c(Cl)c3)c2)C1C(C)C. The van der Waals surface area contributed by atoms with Gasteiger partial charge in [0.25, 0.3) is 5.91 Å². The number of hydrogen-bond donors (Lipinski definition) is 0. The fourth-order valence-corrected chi connectivity index (χ4v) is 5.72. The standard InChI is InChI=1S/C31H34ClN3O2/c1-6-34-17-16-26(30(34)21(2)3)25-12-7-8-13-29(25)35(20-36)24-11-9-10-22(18-24)23-14-15-27(28(32)19-23)31(37)33(4)5/h6-15,18-21,26,30H,1,16-17H2,2-5H3. The first-order valence-corrected chi connectivity index (χ1v) is 13.0. The highest BCUT2D eigenvalue weighted by Crippen LogP contribution is 2.43. The molecule has 3 aromatic carbocycles. The van der Waals surface area contributed by atoms with E-state index in [0.29, 0.717) is 28.5 Å². The molecule has 37 heavy (non-hydrogen) atoms. The van der Waals surface area contributed by atoms with Gasteiger partial charge in [0, 0.05) is 38.3 Å². The maximum Gasteiger partial charge on any atom is 0.254 e. The smallest absolute Gasteiger partial charge is 0.254 e. The van der Waals surface area contributed by atoms with Gasteiger partial charge in [-0.2, -0.15) is 0 Å². The van der Waals surface area contributed by atoms with E-state index >= 15 is 0 Å². The normalized spacial score (nSPS) is 17.1. The molecule has 0 N–H and O–H groups in total. The van der Waals surface area contributed by atoms with Gasteiger partial charge >= 0.3 is 0 Å². The maximum atomic E-state index is 12.5. The molecule has 4 rings (SSSR count). The Hall–Kier alpha value is -3.57. The van der Waals surface area contributed by atoms with Crippen molar-refractivity contribution < 1.29 is 9.59 Å². The largest absolute Gasteiger partial charge is 0.374 e. The third-order valence-electron chi connectivity index (χ3n) is 7.18. The first-order valence-electron chi connectivity index (χ1n) is 12.6. The van der Waals surface area contributed by atoms with Crippen LogP contribution in [-0.4, -0.2) is 48.8 Å². The lowest BCUT2D eigenvalue weighted by Crippen LogP contribution is -2.33. The molecule has 0 aromatic heterocycles. The highest BCUT2D eigenvalue weighted by molar-refractivity contribution is 6.34. The average Bonchev–Trinajstić information content (AvgIpc) is 3.34. The van der Waals surface area contributed by atoms with Gasteiger partial charge in [-0.15, -0.1) is 0 Å². The second-order valence-electron chi connectivity index (χ2n) is 10.0. The predicted octanol–water partition coefficient (Wildman–Crippen LogP) is 6.96. The number of rotatable bonds is 8. The Labute approximate surface area is 225 Å². The third kappa shape index (κ3) is 5.28. The Bertz CT molecular complexity index is 1300. The second kappa shape index (κ2) is 11.2. The zero-order valence-electron chi connectivity index (χ0n) is 21.9. The van der Waals surface area contributed by atoms with Crippen molar-refractivity contribution in [3.63, 3.8) is 0 Å². The molecule has 1 aliphatic heterocycles. The molecule has 2 atom stereocenters. The predicted molar refractivity (Wildman–Crippen MR) is 152 cm³/mol. The van der Waals surface area contributed by atoms with E-state index < -0.39 is 0 Å². The summed E-state index contributed by atoms with van der Waals surface area (Å²) in [7, 11) is 3.40. The zero-order valence-corrected chi connectivity index (χ0v) is 22.7. The van der Waals surface area contributed by atoms with Crippen LogP contribution in [0.5, 0.6) is 0 Å². The van der Waals surface area contributed by atoms with Gasteiger partial charge < -0.3 is 9.80 Å². The molecule has 2 amide bonds. The van der Waals surface area contributed by atoms with Gasteiger partial charge in [-0.05, 0) is 65.6 Å². The van der Waals surface area contributed by atoms with Gasteiger partial charge in [-0.3, -0.25) is 14.5 Å². The topological polar surface area (TPSA) is 43.9 Å². The molecule has 6 heteroatoms. The molecule has 3 aromatic rings. The highest BCUT2D eigenvalue weighted by atomic mass is 35.5. The summed E-state index contributed by atoms with van der Waals surface area (Å²) in [4.78, 5) is 30.5. The van der Waals surface area contributed by atoms with E-state index in [0.717, 1.165) is 47.4 Å². The first kappa shape index (κ1) is 26.5. The van der Waals surface area contributed by atoms with E-state index in [2.05, 4.69) is 31.4 Å². The number of carbonyl (C=O) groups is 2. The van der Waals surface area contributed by atoms with Crippen LogP contribution >= 0.6 is 11.6 Å². The number of likely N-dealkylation sites (tertiary alicyclic amines) is 1. The van der Waals surface area contributed by atoms with E-state index in [1.54, 1.807) is 31.1 Å². The monoisotopic (exact) mass is 515 g/mol. The number of hydrogen-bond acceptors (Lipinski definition) is 3. The van der Waals surface area contributed by atoms with Gasteiger partial charge in [0.15, 0.2) is 0 Å². The number of amides is 2. The zero-order chi connectivity index (χ0) is 26.7. The summed E-state index contributed by atoms with van der Waals surface area (Å²) in [6, 6.07) is 21.8. The molecule has 2 unspecified atom stereocenters. The highest BCUT2D eigenvalue weighted by Gasteiger charge is 2.37. The molecule has 0 spiro atoms. The number of halogens is 1. The van der Waals surface area contributed by atoms with E-state index in [1.165, 1.54) is 4.90 Å². The average molecular weight is 516 g/mol. The first-order chi connectivity index (χ1) is 17.8. The molecule has 1 saturated heterocycles. The Kier molecular flexibility index (Phi) is 8.03. The molecule has 0 aliphatic carbocycles. The van der Waals surface area contributed by atoms with Gasteiger partial charge in [0.2, 0.25) is 6.41 Å². The summed E-state index contributed by atoms with van der Waals surface area (Å²) >= 11 is 6.47. The van der Waals surface area contributed by atoms with Crippen LogP contribution in [0.25, 0.3) is 11.1 Å². The number of benzene rings is 3. The summed E-state index contributed by atoms with van der Waals surface area (Å²) < 4.78 is 0. The molecule has 1 aliphatic rings. The summed E-state index contributed by atoms with van der Waals surface area (Å²) in [5.74, 6) is 0.592. The van der Waals surface area contributed by atoms with Crippen molar-refractivity contribution in [3.8, 4) is 11.1 Å². The van der Waals surface area contributed by atoms with E-state index in [-0.39, 0.29) is 5.91 Å². The summed E-state index contributed by atoms with van der Waals surface area (Å²) in [5, 5.41) is 0.395. The second-order valence-corrected chi connectivity index (χ2v) is 10.4. The van der Waals surface area contributed by atoms with Gasteiger partial charge in [-0.25, -0.2) is 0 Å². The van der Waals surface area contributed by atoms with E-state index in [1.807, 2.05) is 54.7 Å². The van der Waals surface area contributed by atoms with E-state index in [9.17, 15) is 9.59 Å². The molecule has 0 bridgehead atoms. The van der Waals surface area contributed by atoms with Gasteiger partial charge in [0.05, 0.1) is 16.3 Å². The minimum Gasteiger partial charge on any atom is -0.374 e. The third-order valence-corrected chi connectivity index (χ3v) is 7.49. The molecular formula is C31H34ClN3O2. The summed E-state index contributed by atoms with van der Waals surface area (Å²) in [6.07, 6.45) is 3.83. The van der Waals surface area contributed by atoms with Gasteiger partial charge in [0.1, 0.15) is 0 Å². The Balaban J connectivity index is 1.71. The summed E-state index contributed by atoms with van der Waals surface area (Å²) in [5.41, 5.74) is 5.06. The van der Waals surface area contributed by atoms with Crippen LogP contribution in [-0.2, 0) is 4.79 Å². The quantitative estimate of drug-likeness (QED) is 0.304. The van der Waals surface area contributed by atoms with Crippen LogP contribution in [0.2, 0.25) is 5.02 Å². The minimum absolute atomic E-state index is 0.143. The number of anilines is 2. The molecule has 1 heterocycles. The number of para-hydroxylation sites is 1. The van der Waals surface area contributed by atoms with Crippen LogP contribution in [0, 0.1) is 5.92 Å². The van der Waals surface area contributed by atoms with Crippen LogP contribution in [0.4, 0.5) is 11.4 Å². The lowest BCUT2D eigenvalue weighted by atomic mass is 9.84. The summed E-state index contributed by atoms with van der Waals surface area (Å²) in [6.45, 7) is 9.46. The fraction of sp³-hybridized carbons (Fsp3) is 0.290. The molecule has 0 radical (unpaired) electrons. The van der Waals surface area contributed by atoms with Crippen molar-refractivity contribution in [2.75, 3.05) is 25.5 Å². The fourth-order valence-electron chi connectivity index (χ4n) is 5.46. The van der Waals surface area contributed by atoms with Gasteiger partial charge in [-0.1, -0.05) is 68.4 Å². The maximum absolute atomic E-state index is 12.5. The Morgan fingerprint density at radius 2 is 1.78 bits per heavy atom. The number of nitrogens with zero attached hydrogens (tertiary/aromatic N) is 3. The minimum atomic E-state index is -0.143. The number of carbonyl (C=O) groups excluding carboxylic acids is 2. The lowest BCUT2D eigenvalue weighted by molar-refractivity contribution is -0.106. The van der Waals surface area contributed by atoms with Crippen molar-refractivity contribution in [1.29, 1.82) is 0 Å².